The highest BCUT2D eigenvalue weighted by Crippen LogP contribution is 2.29. The van der Waals surface area contributed by atoms with Crippen molar-refractivity contribution in [3.63, 3.8) is 0 Å². The first-order valence-corrected chi connectivity index (χ1v) is 8.21. The highest BCUT2D eigenvalue weighted by Gasteiger charge is 2.34. The molecule has 3 aliphatic heterocycles. The maximum Gasteiger partial charge on any atom is 0.338 e. The van der Waals surface area contributed by atoms with Crippen LogP contribution in [0.2, 0.25) is 0 Å². The molecule has 26 heavy (non-hydrogen) atoms. The fourth-order valence-electron chi connectivity index (χ4n) is 2.58. The molecular weight excluding hydrogens is 350 g/mol. The predicted molar refractivity (Wildman–Crippen MR) is 84.6 cm³/mol. The van der Waals surface area contributed by atoms with Gasteiger partial charge < -0.3 is 18.9 Å². The smallest absolute Gasteiger partial charge is 0.338 e. The minimum atomic E-state index is -0.929. The number of ether oxygens (including phenoxy) is 4. The number of carbonyl (C=O) groups excluding carboxylic acids is 1. The fourth-order valence-corrected chi connectivity index (χ4v) is 2.58. The van der Waals surface area contributed by atoms with Crippen LogP contribution in [0.1, 0.15) is 12.8 Å². The average Bonchev–Trinajstić information content (AvgIpc) is 3.44. The van der Waals surface area contributed by atoms with Gasteiger partial charge in [-0.1, -0.05) is 0 Å². The summed E-state index contributed by atoms with van der Waals surface area (Å²) in [5.74, 6) is -0.649. The van der Waals surface area contributed by atoms with Crippen LogP contribution in [-0.2, 0) is 23.7 Å². The van der Waals surface area contributed by atoms with Gasteiger partial charge in [-0.25, -0.2) is 23.7 Å². The number of hydrogen-bond donors (Lipinski definition) is 2. The second-order valence-corrected chi connectivity index (χ2v) is 6.32. The maximum atomic E-state index is 12.6. The Hall–Kier alpha value is -2.50. The second-order valence-electron chi connectivity index (χ2n) is 6.32. The van der Waals surface area contributed by atoms with Crippen LogP contribution in [0.3, 0.4) is 0 Å². The highest BCUT2D eigenvalue weighted by molar-refractivity contribution is 5.94. The van der Waals surface area contributed by atoms with Crippen LogP contribution in [0.15, 0.2) is 20.0 Å². The first-order valence-electron chi connectivity index (χ1n) is 8.21. The lowest BCUT2D eigenvalue weighted by atomic mass is 10.0. The van der Waals surface area contributed by atoms with Crippen LogP contribution >= 0.6 is 0 Å². The number of H-pyrrole nitrogens is 2. The van der Waals surface area contributed by atoms with Crippen molar-refractivity contribution in [1.29, 1.82) is 0 Å². The summed E-state index contributed by atoms with van der Waals surface area (Å²) < 4.78 is 21.4. The number of carbonyl (C=O) groups is 1. The third kappa shape index (κ3) is 4.00. The standard InChI is InChI=1S/C15H17N3O8/c19-12(26-6-9-5-25-9)10(1-7-3-23-7)11(2-8-4-24-8)18-14(21)16-13(20)17-15(18)22/h7-9H,1-6H2,(H2,16,17,20,21,22). The zero-order valence-corrected chi connectivity index (χ0v) is 13.7. The van der Waals surface area contributed by atoms with E-state index < -0.39 is 23.0 Å². The molecule has 11 heteroatoms. The van der Waals surface area contributed by atoms with Gasteiger partial charge in [0.1, 0.15) is 12.7 Å². The molecule has 0 spiro atoms. The summed E-state index contributed by atoms with van der Waals surface area (Å²) in [5, 5.41) is 0. The molecule has 3 fully saturated rings. The van der Waals surface area contributed by atoms with Crippen LogP contribution in [0.4, 0.5) is 0 Å². The van der Waals surface area contributed by atoms with E-state index in [4.69, 9.17) is 18.9 Å². The van der Waals surface area contributed by atoms with Gasteiger partial charge in [-0.3, -0.25) is 9.97 Å². The van der Waals surface area contributed by atoms with Crippen molar-refractivity contribution in [2.75, 3.05) is 26.4 Å². The normalized spacial score (nSPS) is 26.8. The SMILES string of the molecule is O=C(OCC1CO1)C(CC1CO1)=C(CC1CO1)n1c(=O)[nH]c(=O)[nH]c1=O. The molecule has 3 aliphatic rings. The first-order chi connectivity index (χ1) is 12.5. The number of aromatic amines is 2. The topological polar surface area (TPSA) is 152 Å². The molecule has 3 saturated heterocycles. The lowest BCUT2D eigenvalue weighted by molar-refractivity contribution is -0.139. The molecule has 0 bridgehead atoms. The fraction of sp³-hybridized carbons (Fsp3) is 0.600. The number of aromatic nitrogens is 3. The molecule has 1 aromatic rings. The van der Waals surface area contributed by atoms with Gasteiger partial charge >= 0.3 is 23.0 Å². The van der Waals surface area contributed by atoms with E-state index in [1.165, 1.54) is 0 Å². The minimum absolute atomic E-state index is 0.0952. The van der Waals surface area contributed by atoms with Gasteiger partial charge in [0, 0.05) is 18.5 Å². The molecule has 4 heterocycles. The molecule has 3 atom stereocenters. The number of rotatable bonds is 8. The summed E-state index contributed by atoms with van der Waals surface area (Å²) >= 11 is 0. The third-order valence-corrected chi connectivity index (χ3v) is 4.17. The zero-order valence-electron chi connectivity index (χ0n) is 13.7. The van der Waals surface area contributed by atoms with Crippen molar-refractivity contribution < 1.29 is 23.7 Å². The van der Waals surface area contributed by atoms with Gasteiger partial charge in [-0.2, -0.15) is 0 Å². The minimum Gasteiger partial charge on any atom is -0.459 e. The average molecular weight is 367 g/mol. The van der Waals surface area contributed by atoms with Crippen molar-refractivity contribution in [3.05, 3.63) is 37.0 Å². The van der Waals surface area contributed by atoms with Crippen LogP contribution in [0.25, 0.3) is 5.70 Å². The number of nitrogens with zero attached hydrogens (tertiary/aromatic N) is 1. The lowest BCUT2D eigenvalue weighted by Gasteiger charge is -2.14. The van der Waals surface area contributed by atoms with Crippen LogP contribution in [0.5, 0.6) is 0 Å². The highest BCUT2D eigenvalue weighted by atomic mass is 16.6. The Morgan fingerprint density at radius 2 is 1.50 bits per heavy atom. The molecule has 0 saturated carbocycles. The van der Waals surface area contributed by atoms with Crippen molar-refractivity contribution in [3.8, 4) is 0 Å². The van der Waals surface area contributed by atoms with Gasteiger partial charge in [0.25, 0.3) is 0 Å². The Balaban J connectivity index is 1.76. The van der Waals surface area contributed by atoms with Gasteiger partial charge in [0.05, 0.1) is 37.6 Å². The Labute approximate surface area is 145 Å². The summed E-state index contributed by atoms with van der Waals surface area (Å²) in [6, 6.07) is 0. The first kappa shape index (κ1) is 16.9. The van der Waals surface area contributed by atoms with E-state index in [1.54, 1.807) is 0 Å². The molecule has 0 aliphatic carbocycles. The number of hydrogen-bond acceptors (Lipinski definition) is 8. The van der Waals surface area contributed by atoms with Crippen LogP contribution in [0, 0.1) is 0 Å². The maximum absolute atomic E-state index is 12.6. The van der Waals surface area contributed by atoms with E-state index >= 15 is 0 Å². The largest absolute Gasteiger partial charge is 0.459 e. The summed E-state index contributed by atoms with van der Waals surface area (Å²) in [7, 11) is 0. The van der Waals surface area contributed by atoms with Gasteiger partial charge in [0.15, 0.2) is 0 Å². The van der Waals surface area contributed by atoms with Crippen molar-refractivity contribution in [1.82, 2.24) is 14.5 Å². The van der Waals surface area contributed by atoms with Gasteiger partial charge in [0.2, 0.25) is 0 Å². The number of nitrogens with one attached hydrogen (secondary N) is 2. The van der Waals surface area contributed by atoms with E-state index in [0.29, 0.717) is 19.8 Å². The molecule has 4 rings (SSSR count). The predicted octanol–water partition coefficient (Wildman–Crippen LogP) is -2.04. The Morgan fingerprint density at radius 1 is 0.962 bits per heavy atom. The number of epoxide rings is 3. The second kappa shape index (κ2) is 6.67. The van der Waals surface area contributed by atoms with Crippen LogP contribution in [-0.4, -0.2) is 65.2 Å². The van der Waals surface area contributed by atoms with Crippen molar-refractivity contribution in [2.24, 2.45) is 0 Å². The Morgan fingerprint density at radius 3 is 2.04 bits per heavy atom. The van der Waals surface area contributed by atoms with E-state index in [-0.39, 0.29) is 49.0 Å². The number of esters is 1. The van der Waals surface area contributed by atoms with E-state index in [0.717, 1.165) is 4.57 Å². The molecule has 1 aromatic heterocycles. The molecule has 0 amide bonds. The molecule has 140 valence electrons. The zero-order chi connectivity index (χ0) is 18.3. The van der Waals surface area contributed by atoms with Crippen LogP contribution < -0.4 is 17.1 Å². The summed E-state index contributed by atoms with van der Waals surface area (Å²) in [4.78, 5) is 52.3. The molecule has 0 aromatic carbocycles. The van der Waals surface area contributed by atoms with E-state index in [1.807, 2.05) is 9.97 Å². The Bertz CT molecular complexity index is 880. The summed E-state index contributed by atoms with van der Waals surface area (Å²) in [6.45, 7) is 1.56. The Kier molecular flexibility index (Phi) is 4.34. The summed E-state index contributed by atoms with van der Waals surface area (Å²) in [5.41, 5.74) is -2.47. The lowest BCUT2D eigenvalue weighted by Crippen LogP contribution is -2.43. The summed E-state index contributed by atoms with van der Waals surface area (Å²) in [6.07, 6.45) is -0.157. The third-order valence-electron chi connectivity index (χ3n) is 4.17. The molecule has 3 unspecified atom stereocenters. The molecular formula is C15H17N3O8. The molecule has 0 radical (unpaired) electrons. The quantitative estimate of drug-likeness (QED) is 0.303. The van der Waals surface area contributed by atoms with Crippen molar-refractivity contribution >= 4 is 11.7 Å². The molecule has 11 nitrogen and oxygen atoms in total. The van der Waals surface area contributed by atoms with Gasteiger partial charge in [-0.15, -0.1) is 0 Å². The van der Waals surface area contributed by atoms with E-state index in [2.05, 4.69) is 0 Å². The molecule has 2 N–H and O–H groups in total. The van der Waals surface area contributed by atoms with E-state index in [9.17, 15) is 19.2 Å². The monoisotopic (exact) mass is 367 g/mol. The van der Waals surface area contributed by atoms with Gasteiger partial charge in [-0.05, 0) is 0 Å². The van der Waals surface area contributed by atoms with Crippen molar-refractivity contribution in [2.45, 2.75) is 31.2 Å².